The first-order valence-electron chi connectivity index (χ1n) is 8.23. The fourth-order valence-electron chi connectivity index (χ4n) is 2.60. The van der Waals surface area contributed by atoms with E-state index in [2.05, 4.69) is 5.32 Å². The Morgan fingerprint density at radius 2 is 1.96 bits per heavy atom. The molecule has 2 aromatic carbocycles. The predicted molar refractivity (Wildman–Crippen MR) is 102 cm³/mol. The number of benzene rings is 2. The number of ether oxygens (including phenoxy) is 2. The molecule has 0 spiro atoms. The number of hydrogen-bond donors (Lipinski definition) is 1. The first kappa shape index (κ1) is 18.8. The fourth-order valence-corrected chi connectivity index (χ4v) is 2.79. The van der Waals surface area contributed by atoms with Gasteiger partial charge in [-0.05, 0) is 50.2 Å². The molecule has 3 rings (SSSR count). The van der Waals surface area contributed by atoms with Crippen LogP contribution in [0.3, 0.4) is 0 Å². The van der Waals surface area contributed by atoms with Gasteiger partial charge in [0.25, 0.3) is 5.91 Å². The van der Waals surface area contributed by atoms with Crippen LogP contribution in [0.1, 0.15) is 23.0 Å². The van der Waals surface area contributed by atoms with Gasteiger partial charge in [0, 0.05) is 21.7 Å². The van der Waals surface area contributed by atoms with Gasteiger partial charge in [0.15, 0.2) is 6.10 Å². The summed E-state index contributed by atoms with van der Waals surface area (Å²) >= 11 is 5.89. The number of esters is 1. The molecule has 3 aromatic rings. The van der Waals surface area contributed by atoms with Gasteiger partial charge in [-0.25, -0.2) is 4.79 Å². The molecule has 1 heterocycles. The van der Waals surface area contributed by atoms with E-state index in [1.165, 1.54) is 6.92 Å². The molecule has 0 saturated heterocycles. The minimum Gasteiger partial charge on any atom is -0.497 e. The van der Waals surface area contributed by atoms with E-state index in [1.807, 2.05) is 0 Å². The van der Waals surface area contributed by atoms with Crippen molar-refractivity contribution in [1.82, 2.24) is 0 Å². The number of nitrogens with one attached hydrogen (secondary N) is 1. The van der Waals surface area contributed by atoms with Crippen LogP contribution in [-0.4, -0.2) is 25.1 Å². The summed E-state index contributed by atoms with van der Waals surface area (Å²) in [7, 11) is 1.56. The van der Waals surface area contributed by atoms with Crippen LogP contribution in [0.15, 0.2) is 46.9 Å². The van der Waals surface area contributed by atoms with E-state index in [4.69, 9.17) is 25.5 Å². The van der Waals surface area contributed by atoms with Gasteiger partial charge in [-0.3, -0.25) is 4.79 Å². The second-order valence-corrected chi connectivity index (χ2v) is 6.40. The molecule has 27 heavy (non-hydrogen) atoms. The van der Waals surface area contributed by atoms with E-state index < -0.39 is 18.0 Å². The van der Waals surface area contributed by atoms with Crippen molar-refractivity contribution in [3.8, 4) is 5.75 Å². The van der Waals surface area contributed by atoms with Gasteiger partial charge in [-0.2, -0.15) is 0 Å². The molecule has 0 fully saturated rings. The highest BCUT2D eigenvalue weighted by Crippen LogP contribution is 2.29. The molecule has 1 atom stereocenters. The summed E-state index contributed by atoms with van der Waals surface area (Å²) in [4.78, 5) is 24.7. The second kappa shape index (κ2) is 7.72. The molecule has 0 aliphatic carbocycles. The second-order valence-electron chi connectivity index (χ2n) is 5.97. The van der Waals surface area contributed by atoms with Crippen molar-refractivity contribution in [2.24, 2.45) is 0 Å². The standard InChI is InChI=1S/C20H18ClNO5/c1-11-16-10-15(25-3)7-8-17(16)27-18(11)20(24)26-12(2)19(23)22-14-6-4-5-13(21)9-14/h4-10,12H,1-3H3,(H,22,23). The first-order valence-corrected chi connectivity index (χ1v) is 8.61. The predicted octanol–water partition coefficient (Wildman–Crippen LogP) is 4.59. The van der Waals surface area contributed by atoms with E-state index in [-0.39, 0.29) is 5.76 Å². The number of halogens is 1. The van der Waals surface area contributed by atoms with E-state index in [9.17, 15) is 9.59 Å². The van der Waals surface area contributed by atoms with Crippen molar-refractivity contribution in [2.75, 3.05) is 12.4 Å². The van der Waals surface area contributed by atoms with Crippen LogP contribution in [0.2, 0.25) is 5.02 Å². The summed E-state index contributed by atoms with van der Waals surface area (Å²) in [6, 6.07) is 11.9. The molecule has 140 valence electrons. The van der Waals surface area contributed by atoms with Gasteiger partial charge in [-0.1, -0.05) is 17.7 Å². The number of amides is 1. The monoisotopic (exact) mass is 387 g/mol. The maximum atomic E-state index is 12.5. The van der Waals surface area contributed by atoms with E-state index in [0.29, 0.717) is 27.6 Å². The van der Waals surface area contributed by atoms with Gasteiger partial charge in [0.2, 0.25) is 5.76 Å². The number of rotatable bonds is 5. The lowest BCUT2D eigenvalue weighted by atomic mass is 10.1. The van der Waals surface area contributed by atoms with Crippen molar-refractivity contribution in [3.05, 3.63) is 58.8 Å². The normalized spacial score (nSPS) is 11.9. The van der Waals surface area contributed by atoms with Crippen molar-refractivity contribution in [2.45, 2.75) is 20.0 Å². The summed E-state index contributed by atoms with van der Waals surface area (Å²) in [5.41, 5.74) is 1.68. The highest BCUT2D eigenvalue weighted by atomic mass is 35.5. The quantitative estimate of drug-likeness (QED) is 0.648. The summed E-state index contributed by atoms with van der Waals surface area (Å²) in [6.45, 7) is 3.23. The maximum Gasteiger partial charge on any atom is 0.375 e. The molecule has 1 amide bonds. The molecule has 7 heteroatoms. The summed E-state index contributed by atoms with van der Waals surface area (Å²) < 4.78 is 16.0. The minimum atomic E-state index is -1.02. The Labute approximate surface area is 161 Å². The molecule has 0 aliphatic rings. The van der Waals surface area contributed by atoms with Crippen molar-refractivity contribution in [3.63, 3.8) is 0 Å². The minimum absolute atomic E-state index is 0.0562. The molecular formula is C20H18ClNO5. The Kier molecular flexibility index (Phi) is 5.37. The van der Waals surface area contributed by atoms with Crippen LogP contribution < -0.4 is 10.1 Å². The van der Waals surface area contributed by atoms with Crippen LogP contribution in [-0.2, 0) is 9.53 Å². The van der Waals surface area contributed by atoms with Crippen molar-refractivity contribution in [1.29, 1.82) is 0 Å². The van der Waals surface area contributed by atoms with E-state index in [1.54, 1.807) is 56.5 Å². The van der Waals surface area contributed by atoms with E-state index in [0.717, 1.165) is 5.39 Å². The SMILES string of the molecule is COc1ccc2oc(C(=O)OC(C)C(=O)Nc3cccc(Cl)c3)c(C)c2c1. The topological polar surface area (TPSA) is 77.8 Å². The lowest BCUT2D eigenvalue weighted by Crippen LogP contribution is -2.30. The third-order valence-corrected chi connectivity index (χ3v) is 4.31. The fraction of sp³-hybridized carbons (Fsp3) is 0.200. The summed E-state index contributed by atoms with van der Waals surface area (Å²) in [5.74, 6) is -0.473. The van der Waals surface area contributed by atoms with Gasteiger partial charge in [0.05, 0.1) is 7.11 Å². The average Bonchev–Trinajstić information content (AvgIpc) is 2.98. The molecular weight excluding hydrogens is 370 g/mol. The number of methoxy groups -OCH3 is 1. The summed E-state index contributed by atoms with van der Waals surface area (Å²) in [6.07, 6.45) is -1.02. The highest BCUT2D eigenvalue weighted by molar-refractivity contribution is 6.30. The number of hydrogen-bond acceptors (Lipinski definition) is 5. The Bertz CT molecular complexity index is 1010. The van der Waals surface area contributed by atoms with Crippen LogP contribution in [0, 0.1) is 6.92 Å². The third kappa shape index (κ3) is 4.06. The number of furan rings is 1. The van der Waals surface area contributed by atoms with Gasteiger partial charge in [0.1, 0.15) is 11.3 Å². The zero-order valence-corrected chi connectivity index (χ0v) is 15.8. The smallest absolute Gasteiger partial charge is 0.375 e. The zero-order valence-electron chi connectivity index (χ0n) is 15.0. The van der Waals surface area contributed by atoms with Gasteiger partial charge >= 0.3 is 5.97 Å². The van der Waals surface area contributed by atoms with Crippen molar-refractivity contribution < 1.29 is 23.5 Å². The highest BCUT2D eigenvalue weighted by Gasteiger charge is 2.24. The number of carbonyl (C=O) groups is 2. The molecule has 0 bridgehead atoms. The molecule has 1 aromatic heterocycles. The Morgan fingerprint density at radius 3 is 2.67 bits per heavy atom. The van der Waals surface area contributed by atoms with E-state index >= 15 is 0 Å². The molecule has 1 N–H and O–H groups in total. The molecule has 0 saturated carbocycles. The maximum absolute atomic E-state index is 12.5. The van der Waals surface area contributed by atoms with Crippen LogP contribution in [0.25, 0.3) is 11.0 Å². The summed E-state index contributed by atoms with van der Waals surface area (Å²) in [5, 5.41) is 3.89. The Balaban J connectivity index is 1.73. The zero-order chi connectivity index (χ0) is 19.6. The lowest BCUT2D eigenvalue weighted by Gasteiger charge is -2.13. The van der Waals surface area contributed by atoms with Crippen molar-refractivity contribution >= 4 is 40.1 Å². The number of fused-ring (bicyclic) bond motifs is 1. The van der Waals surface area contributed by atoms with Crippen LogP contribution in [0.5, 0.6) is 5.75 Å². The largest absolute Gasteiger partial charge is 0.497 e. The molecule has 0 radical (unpaired) electrons. The third-order valence-electron chi connectivity index (χ3n) is 4.07. The number of aryl methyl sites for hydroxylation is 1. The van der Waals surface area contributed by atoms with Gasteiger partial charge in [-0.15, -0.1) is 0 Å². The average molecular weight is 388 g/mol. The molecule has 1 unspecified atom stereocenters. The molecule has 6 nitrogen and oxygen atoms in total. The van der Waals surface area contributed by atoms with Crippen LogP contribution >= 0.6 is 11.6 Å². The number of carbonyl (C=O) groups excluding carboxylic acids is 2. The first-order chi connectivity index (χ1) is 12.9. The van der Waals surface area contributed by atoms with Crippen LogP contribution in [0.4, 0.5) is 5.69 Å². The Morgan fingerprint density at radius 1 is 1.19 bits per heavy atom. The van der Waals surface area contributed by atoms with Gasteiger partial charge < -0.3 is 19.2 Å². The number of anilines is 1. The lowest BCUT2D eigenvalue weighted by molar-refractivity contribution is -0.123. The Hall–Kier alpha value is -2.99. The molecule has 0 aliphatic heterocycles.